The maximum Gasteiger partial charge on any atom is 0.243 e. The number of likely N-dealkylation sites (N-methyl/N-ethyl adjacent to an activating group) is 1. The monoisotopic (exact) mass is 495 g/mol. The van der Waals surface area contributed by atoms with Crippen LogP contribution in [-0.4, -0.2) is 99.2 Å². The molecule has 0 radical (unpaired) electrons. The summed E-state index contributed by atoms with van der Waals surface area (Å²) < 4.78 is 5.71. The summed E-state index contributed by atoms with van der Waals surface area (Å²) in [7, 11) is 3.54. The van der Waals surface area contributed by atoms with Crippen LogP contribution >= 0.6 is 24.0 Å². The highest BCUT2D eigenvalue weighted by atomic mass is 127. The molecule has 2 fully saturated rings. The summed E-state index contributed by atoms with van der Waals surface area (Å²) in [5.74, 6) is 1.55. The van der Waals surface area contributed by atoms with Gasteiger partial charge in [-0.05, 0) is 38.3 Å². The van der Waals surface area contributed by atoms with Gasteiger partial charge < -0.3 is 24.8 Å². The summed E-state index contributed by atoms with van der Waals surface area (Å²) in [4.78, 5) is 23.0. The van der Waals surface area contributed by atoms with Crippen LogP contribution in [0.4, 0.5) is 0 Å². The zero-order valence-corrected chi connectivity index (χ0v) is 19.8. The van der Waals surface area contributed by atoms with E-state index in [2.05, 4.69) is 34.0 Å². The van der Waals surface area contributed by atoms with Crippen molar-refractivity contribution in [2.45, 2.75) is 39.2 Å². The Morgan fingerprint density at radius 3 is 2.59 bits per heavy atom. The number of ether oxygens (including phenoxy) is 1. The topological polar surface area (TPSA) is 60.4 Å². The van der Waals surface area contributed by atoms with Gasteiger partial charge in [-0.3, -0.25) is 4.79 Å². The number of likely N-dealkylation sites (tertiary alicyclic amines) is 1. The summed E-state index contributed by atoms with van der Waals surface area (Å²) >= 11 is 0. The first kappa shape index (κ1) is 24.4. The Morgan fingerprint density at radius 2 is 2.00 bits per heavy atom. The lowest BCUT2D eigenvalue weighted by molar-refractivity contribution is -0.127. The van der Waals surface area contributed by atoms with Gasteiger partial charge in [-0.2, -0.15) is 0 Å². The normalized spacial score (nSPS) is 22.9. The molecule has 0 aliphatic carbocycles. The fourth-order valence-electron chi connectivity index (χ4n) is 3.58. The minimum atomic E-state index is 0. The summed E-state index contributed by atoms with van der Waals surface area (Å²) in [5, 5.41) is 3.47. The van der Waals surface area contributed by atoms with Gasteiger partial charge >= 0.3 is 0 Å². The van der Waals surface area contributed by atoms with Gasteiger partial charge in [0.25, 0.3) is 0 Å². The SMILES string of the molecule is CCN(CC)CC1CCN(C(=NCC(=O)N(C)C)NCC2CCCO2)C1.I. The van der Waals surface area contributed by atoms with Crippen molar-refractivity contribution in [1.82, 2.24) is 20.0 Å². The molecule has 2 rings (SSSR count). The standard InChI is InChI=1S/C19H37N5O2.HI/c1-5-23(6-2)14-16-9-10-24(15-16)19(21-13-18(25)22(3)4)20-12-17-8-7-11-26-17;/h16-17H,5-15H2,1-4H3,(H,20,21);1H. The van der Waals surface area contributed by atoms with E-state index in [9.17, 15) is 4.79 Å². The van der Waals surface area contributed by atoms with E-state index in [1.54, 1.807) is 19.0 Å². The molecule has 0 aromatic carbocycles. The van der Waals surface area contributed by atoms with Crippen molar-refractivity contribution in [3.8, 4) is 0 Å². The molecule has 2 aliphatic rings. The predicted molar refractivity (Wildman–Crippen MR) is 121 cm³/mol. The van der Waals surface area contributed by atoms with Gasteiger partial charge in [0, 0.05) is 46.9 Å². The van der Waals surface area contributed by atoms with Crippen molar-refractivity contribution in [2.24, 2.45) is 10.9 Å². The molecular weight excluding hydrogens is 457 g/mol. The van der Waals surface area contributed by atoms with E-state index in [1.807, 2.05) is 0 Å². The number of hydrogen-bond donors (Lipinski definition) is 1. The minimum absolute atomic E-state index is 0. The molecule has 7 nitrogen and oxygen atoms in total. The van der Waals surface area contributed by atoms with Crippen LogP contribution in [0, 0.1) is 5.92 Å². The number of carbonyl (C=O) groups excluding carboxylic acids is 1. The van der Waals surface area contributed by atoms with Gasteiger partial charge in [-0.1, -0.05) is 13.8 Å². The van der Waals surface area contributed by atoms with E-state index in [4.69, 9.17) is 4.74 Å². The van der Waals surface area contributed by atoms with E-state index in [0.29, 0.717) is 5.92 Å². The van der Waals surface area contributed by atoms with Crippen molar-refractivity contribution in [3.05, 3.63) is 0 Å². The van der Waals surface area contributed by atoms with Crippen LogP contribution in [0.25, 0.3) is 0 Å². The quantitative estimate of drug-likeness (QED) is 0.314. The second kappa shape index (κ2) is 12.8. The Labute approximate surface area is 181 Å². The van der Waals surface area contributed by atoms with E-state index in [-0.39, 0.29) is 42.5 Å². The van der Waals surface area contributed by atoms with Gasteiger partial charge in [0.1, 0.15) is 6.54 Å². The zero-order valence-electron chi connectivity index (χ0n) is 17.4. The molecule has 8 heteroatoms. The highest BCUT2D eigenvalue weighted by Gasteiger charge is 2.27. The van der Waals surface area contributed by atoms with Crippen molar-refractivity contribution in [3.63, 3.8) is 0 Å². The lowest BCUT2D eigenvalue weighted by Crippen LogP contribution is -2.44. The van der Waals surface area contributed by atoms with Gasteiger partial charge in [0.15, 0.2) is 5.96 Å². The second-order valence-electron chi connectivity index (χ2n) is 7.53. The first-order valence-electron chi connectivity index (χ1n) is 10.1. The lowest BCUT2D eigenvalue weighted by atomic mass is 10.1. The number of halogens is 1. The highest BCUT2D eigenvalue weighted by molar-refractivity contribution is 14.0. The molecule has 2 aliphatic heterocycles. The molecule has 2 saturated heterocycles. The van der Waals surface area contributed by atoms with Crippen molar-refractivity contribution < 1.29 is 9.53 Å². The maximum absolute atomic E-state index is 12.0. The van der Waals surface area contributed by atoms with Crippen LogP contribution in [0.2, 0.25) is 0 Å². The Morgan fingerprint density at radius 1 is 1.26 bits per heavy atom. The summed E-state index contributed by atoms with van der Waals surface area (Å²) in [6, 6.07) is 0. The van der Waals surface area contributed by atoms with Crippen LogP contribution in [-0.2, 0) is 9.53 Å². The molecule has 158 valence electrons. The third kappa shape index (κ3) is 8.11. The van der Waals surface area contributed by atoms with E-state index < -0.39 is 0 Å². The van der Waals surface area contributed by atoms with Gasteiger partial charge in [-0.15, -0.1) is 24.0 Å². The molecule has 2 atom stereocenters. The molecule has 1 N–H and O–H groups in total. The van der Waals surface area contributed by atoms with Crippen LogP contribution < -0.4 is 5.32 Å². The number of carbonyl (C=O) groups is 1. The van der Waals surface area contributed by atoms with Crippen LogP contribution in [0.5, 0.6) is 0 Å². The Kier molecular flexibility index (Phi) is 11.6. The Hall–Kier alpha value is -0.610. The molecule has 0 bridgehead atoms. The second-order valence-corrected chi connectivity index (χ2v) is 7.53. The molecule has 27 heavy (non-hydrogen) atoms. The molecule has 0 aromatic rings. The minimum Gasteiger partial charge on any atom is -0.376 e. The fourth-order valence-corrected chi connectivity index (χ4v) is 3.58. The number of aliphatic imine (C=N–C) groups is 1. The highest BCUT2D eigenvalue weighted by Crippen LogP contribution is 2.18. The third-order valence-electron chi connectivity index (χ3n) is 5.37. The molecule has 0 aromatic heterocycles. The Balaban J connectivity index is 0.00000364. The van der Waals surface area contributed by atoms with E-state index >= 15 is 0 Å². The van der Waals surface area contributed by atoms with Crippen LogP contribution in [0.1, 0.15) is 33.1 Å². The molecule has 1 amide bonds. The largest absolute Gasteiger partial charge is 0.376 e. The fraction of sp³-hybridized carbons (Fsp3) is 0.895. The summed E-state index contributed by atoms with van der Waals surface area (Å²) in [6.07, 6.45) is 3.67. The third-order valence-corrected chi connectivity index (χ3v) is 5.37. The molecule has 0 saturated carbocycles. The van der Waals surface area contributed by atoms with Crippen LogP contribution in [0.3, 0.4) is 0 Å². The Bertz CT molecular complexity index is 465. The van der Waals surface area contributed by atoms with Gasteiger partial charge in [0.2, 0.25) is 5.91 Å². The number of nitrogens with one attached hydrogen (secondary N) is 1. The average Bonchev–Trinajstić information content (AvgIpc) is 3.31. The first-order chi connectivity index (χ1) is 12.5. The van der Waals surface area contributed by atoms with Crippen molar-refractivity contribution in [1.29, 1.82) is 0 Å². The predicted octanol–water partition coefficient (Wildman–Crippen LogP) is 1.48. The summed E-state index contributed by atoms with van der Waals surface area (Å²) in [5.41, 5.74) is 0. The van der Waals surface area contributed by atoms with E-state index in [0.717, 1.165) is 64.7 Å². The van der Waals surface area contributed by atoms with Crippen molar-refractivity contribution >= 4 is 35.8 Å². The number of rotatable bonds is 8. The van der Waals surface area contributed by atoms with E-state index in [1.165, 1.54) is 6.42 Å². The number of guanidine groups is 1. The van der Waals surface area contributed by atoms with Crippen LogP contribution in [0.15, 0.2) is 4.99 Å². The van der Waals surface area contributed by atoms with Gasteiger partial charge in [0.05, 0.1) is 6.10 Å². The number of nitrogens with zero attached hydrogens (tertiary/aromatic N) is 4. The van der Waals surface area contributed by atoms with Crippen molar-refractivity contribution in [2.75, 3.05) is 66.5 Å². The first-order valence-corrected chi connectivity index (χ1v) is 10.1. The molecular formula is C19H38IN5O2. The lowest BCUT2D eigenvalue weighted by Gasteiger charge is -2.25. The van der Waals surface area contributed by atoms with Gasteiger partial charge in [-0.25, -0.2) is 4.99 Å². The summed E-state index contributed by atoms with van der Waals surface area (Å²) in [6.45, 7) is 11.6. The number of hydrogen-bond acceptors (Lipinski definition) is 4. The maximum atomic E-state index is 12.0. The smallest absolute Gasteiger partial charge is 0.243 e. The average molecular weight is 495 g/mol. The molecule has 2 heterocycles. The zero-order chi connectivity index (χ0) is 18.9. The molecule has 2 unspecified atom stereocenters. The molecule has 0 spiro atoms. The number of amides is 1.